The lowest BCUT2D eigenvalue weighted by Gasteiger charge is -2.07. The van der Waals surface area contributed by atoms with Gasteiger partial charge in [-0.1, -0.05) is 18.2 Å². The van der Waals surface area contributed by atoms with Gasteiger partial charge in [0.15, 0.2) is 11.6 Å². The molecular formula is C19H16F3N3O. The quantitative estimate of drug-likeness (QED) is 0.751. The third-order valence-electron chi connectivity index (χ3n) is 3.92. The molecule has 1 heterocycles. The van der Waals surface area contributed by atoms with Crippen LogP contribution in [0.25, 0.3) is 11.3 Å². The van der Waals surface area contributed by atoms with E-state index in [0.717, 1.165) is 12.1 Å². The van der Waals surface area contributed by atoms with Crippen LogP contribution in [0.15, 0.2) is 48.5 Å². The van der Waals surface area contributed by atoms with E-state index < -0.39 is 23.4 Å². The van der Waals surface area contributed by atoms with Crippen LogP contribution in [-0.4, -0.2) is 15.7 Å². The molecule has 0 unspecified atom stereocenters. The Morgan fingerprint density at radius 1 is 1.04 bits per heavy atom. The second kappa shape index (κ2) is 7.43. The van der Waals surface area contributed by atoms with Crippen molar-refractivity contribution in [3.63, 3.8) is 0 Å². The van der Waals surface area contributed by atoms with Gasteiger partial charge in [-0.05, 0) is 37.3 Å². The molecule has 4 nitrogen and oxygen atoms in total. The first-order valence-electron chi connectivity index (χ1n) is 8.04. The van der Waals surface area contributed by atoms with Crippen LogP contribution in [0.1, 0.15) is 23.0 Å². The topological polar surface area (TPSA) is 46.9 Å². The zero-order chi connectivity index (χ0) is 18.7. The highest BCUT2D eigenvalue weighted by Crippen LogP contribution is 2.21. The largest absolute Gasteiger partial charge is 0.347 e. The summed E-state index contributed by atoms with van der Waals surface area (Å²) in [5, 5.41) is 6.90. The zero-order valence-electron chi connectivity index (χ0n) is 14.0. The molecule has 0 fully saturated rings. The maximum Gasteiger partial charge on any atom is 0.269 e. The van der Waals surface area contributed by atoms with E-state index in [2.05, 4.69) is 10.4 Å². The molecule has 3 aromatic rings. The number of aromatic nitrogens is 2. The van der Waals surface area contributed by atoms with Crippen molar-refractivity contribution in [2.45, 2.75) is 20.0 Å². The van der Waals surface area contributed by atoms with Gasteiger partial charge in [0.05, 0.1) is 5.69 Å². The third-order valence-corrected chi connectivity index (χ3v) is 3.92. The Hall–Kier alpha value is -3.09. The summed E-state index contributed by atoms with van der Waals surface area (Å²) >= 11 is 0. The molecule has 0 aliphatic heterocycles. The van der Waals surface area contributed by atoms with Gasteiger partial charge in [-0.2, -0.15) is 5.10 Å². The maximum atomic E-state index is 13.6. The molecule has 0 aliphatic rings. The van der Waals surface area contributed by atoms with Gasteiger partial charge in [-0.3, -0.25) is 9.48 Å². The summed E-state index contributed by atoms with van der Waals surface area (Å²) < 4.78 is 41.6. The second-order valence-corrected chi connectivity index (χ2v) is 5.63. The predicted octanol–water partition coefficient (Wildman–Crippen LogP) is 3.92. The van der Waals surface area contributed by atoms with Gasteiger partial charge in [-0.15, -0.1) is 0 Å². The number of rotatable bonds is 5. The molecule has 1 aromatic heterocycles. The number of amides is 1. The summed E-state index contributed by atoms with van der Waals surface area (Å²) in [5.41, 5.74) is 1.33. The van der Waals surface area contributed by atoms with Crippen molar-refractivity contribution in [1.29, 1.82) is 0 Å². The minimum Gasteiger partial charge on any atom is -0.347 e. The number of nitrogens with zero attached hydrogens (tertiary/aromatic N) is 2. The molecule has 1 amide bonds. The van der Waals surface area contributed by atoms with Crippen LogP contribution in [-0.2, 0) is 13.1 Å². The minimum atomic E-state index is -0.987. The van der Waals surface area contributed by atoms with Crippen molar-refractivity contribution in [1.82, 2.24) is 15.1 Å². The summed E-state index contributed by atoms with van der Waals surface area (Å²) in [6.45, 7) is 2.24. The lowest BCUT2D eigenvalue weighted by atomic mass is 10.1. The van der Waals surface area contributed by atoms with Crippen LogP contribution in [0.3, 0.4) is 0 Å². The Morgan fingerprint density at radius 3 is 2.50 bits per heavy atom. The van der Waals surface area contributed by atoms with Gasteiger partial charge in [-0.25, -0.2) is 13.2 Å². The molecule has 0 atom stereocenters. The van der Waals surface area contributed by atoms with Gasteiger partial charge in [0.1, 0.15) is 11.5 Å². The fraction of sp³-hybridized carbons (Fsp3) is 0.158. The Labute approximate surface area is 148 Å². The summed E-state index contributed by atoms with van der Waals surface area (Å²) in [6.07, 6.45) is 0. The fourth-order valence-corrected chi connectivity index (χ4v) is 2.54. The SMILES string of the molecule is CCn1nc(-c2ccc(F)c(F)c2)cc1C(=O)NCc1ccccc1F. The Morgan fingerprint density at radius 2 is 1.81 bits per heavy atom. The summed E-state index contributed by atoms with van der Waals surface area (Å²) in [4.78, 5) is 12.4. The molecule has 7 heteroatoms. The number of carbonyl (C=O) groups is 1. The van der Waals surface area contributed by atoms with E-state index in [9.17, 15) is 18.0 Å². The summed E-state index contributed by atoms with van der Waals surface area (Å²) in [7, 11) is 0. The van der Waals surface area contributed by atoms with E-state index in [1.807, 2.05) is 0 Å². The van der Waals surface area contributed by atoms with Crippen LogP contribution >= 0.6 is 0 Å². The lowest BCUT2D eigenvalue weighted by Crippen LogP contribution is -2.26. The third kappa shape index (κ3) is 3.61. The van der Waals surface area contributed by atoms with E-state index in [0.29, 0.717) is 23.4 Å². The average molecular weight is 359 g/mol. The molecule has 134 valence electrons. The van der Waals surface area contributed by atoms with E-state index in [4.69, 9.17) is 0 Å². The second-order valence-electron chi connectivity index (χ2n) is 5.63. The van der Waals surface area contributed by atoms with Crippen molar-refractivity contribution in [3.05, 3.63) is 77.2 Å². The van der Waals surface area contributed by atoms with E-state index in [1.165, 1.54) is 22.9 Å². The van der Waals surface area contributed by atoms with Crippen molar-refractivity contribution in [3.8, 4) is 11.3 Å². The Balaban J connectivity index is 1.83. The fourth-order valence-electron chi connectivity index (χ4n) is 2.54. The van der Waals surface area contributed by atoms with Crippen molar-refractivity contribution in [2.75, 3.05) is 0 Å². The first kappa shape index (κ1) is 17.7. The van der Waals surface area contributed by atoms with E-state index in [1.54, 1.807) is 25.1 Å². The summed E-state index contributed by atoms with van der Waals surface area (Å²) in [5.74, 6) is -2.78. The molecule has 0 saturated carbocycles. The molecule has 0 spiro atoms. The predicted molar refractivity (Wildman–Crippen MR) is 90.8 cm³/mol. The molecule has 2 aromatic carbocycles. The van der Waals surface area contributed by atoms with E-state index >= 15 is 0 Å². The number of nitrogens with one attached hydrogen (secondary N) is 1. The van der Waals surface area contributed by atoms with Crippen LogP contribution in [0.5, 0.6) is 0 Å². The van der Waals surface area contributed by atoms with E-state index in [-0.39, 0.29) is 12.2 Å². The van der Waals surface area contributed by atoms with Gasteiger partial charge in [0.2, 0.25) is 0 Å². The van der Waals surface area contributed by atoms with Gasteiger partial charge in [0, 0.05) is 24.2 Å². The highest BCUT2D eigenvalue weighted by molar-refractivity contribution is 5.93. The highest BCUT2D eigenvalue weighted by Gasteiger charge is 2.16. The zero-order valence-corrected chi connectivity index (χ0v) is 14.0. The van der Waals surface area contributed by atoms with Crippen molar-refractivity contribution >= 4 is 5.91 Å². The van der Waals surface area contributed by atoms with Crippen LogP contribution < -0.4 is 5.32 Å². The normalized spacial score (nSPS) is 10.8. The molecule has 3 rings (SSSR count). The molecule has 0 aliphatic carbocycles. The molecule has 0 radical (unpaired) electrons. The van der Waals surface area contributed by atoms with Gasteiger partial charge >= 0.3 is 0 Å². The molecule has 1 N–H and O–H groups in total. The van der Waals surface area contributed by atoms with Crippen molar-refractivity contribution < 1.29 is 18.0 Å². The maximum absolute atomic E-state index is 13.6. The van der Waals surface area contributed by atoms with Gasteiger partial charge in [0.25, 0.3) is 5.91 Å². The number of aryl methyl sites for hydroxylation is 1. The first-order valence-corrected chi connectivity index (χ1v) is 8.04. The Kier molecular flexibility index (Phi) is 5.06. The van der Waals surface area contributed by atoms with Gasteiger partial charge < -0.3 is 5.32 Å². The molecule has 0 bridgehead atoms. The minimum absolute atomic E-state index is 0.0287. The van der Waals surface area contributed by atoms with Crippen LogP contribution in [0, 0.1) is 17.5 Å². The first-order chi connectivity index (χ1) is 12.5. The number of hydrogen-bond acceptors (Lipinski definition) is 2. The van der Waals surface area contributed by atoms with Crippen molar-refractivity contribution in [2.24, 2.45) is 0 Å². The average Bonchev–Trinajstić information content (AvgIpc) is 3.07. The lowest BCUT2D eigenvalue weighted by molar-refractivity contribution is 0.0940. The number of hydrogen-bond donors (Lipinski definition) is 1. The monoisotopic (exact) mass is 359 g/mol. The molecule has 0 saturated heterocycles. The van der Waals surface area contributed by atoms with Crippen LogP contribution in [0.4, 0.5) is 13.2 Å². The standard InChI is InChI=1S/C19H16F3N3O/c1-2-25-18(19(26)23-11-13-5-3-4-6-14(13)20)10-17(24-25)12-7-8-15(21)16(22)9-12/h3-10H,2,11H2,1H3,(H,23,26). The number of benzene rings is 2. The Bertz CT molecular complexity index is 953. The van der Waals surface area contributed by atoms with Crippen LogP contribution in [0.2, 0.25) is 0 Å². The number of halogens is 3. The number of carbonyl (C=O) groups excluding carboxylic acids is 1. The molecule has 26 heavy (non-hydrogen) atoms. The molecular weight excluding hydrogens is 343 g/mol. The smallest absolute Gasteiger partial charge is 0.269 e. The highest BCUT2D eigenvalue weighted by atomic mass is 19.2. The summed E-state index contributed by atoms with van der Waals surface area (Å²) in [6, 6.07) is 11.1.